The highest BCUT2D eigenvalue weighted by Crippen LogP contribution is 2.36. The zero-order valence-corrected chi connectivity index (χ0v) is 33.4. The van der Waals surface area contributed by atoms with Gasteiger partial charge in [-0.15, -0.1) is 0 Å². The first-order chi connectivity index (χ1) is 27.9. The fourth-order valence-electron chi connectivity index (χ4n) is 8.56. The Morgan fingerprint density at radius 3 is 2.53 bits per heavy atom. The van der Waals surface area contributed by atoms with Crippen LogP contribution in [0.25, 0.3) is 11.3 Å². The van der Waals surface area contributed by atoms with Crippen molar-refractivity contribution in [3.63, 3.8) is 0 Å². The number of carbonyl (C=O) groups excluding carboxylic acids is 3. The van der Waals surface area contributed by atoms with Gasteiger partial charge in [0.25, 0.3) is 5.91 Å². The number of fused-ring (bicyclic) bond motifs is 7. The van der Waals surface area contributed by atoms with E-state index in [4.69, 9.17) is 9.72 Å². The van der Waals surface area contributed by atoms with E-state index in [1.54, 1.807) is 23.0 Å². The largest absolute Gasteiger partial charge is 0.477 e. The number of carbonyl (C=O) groups is 3. The minimum absolute atomic E-state index is 0.0557. The maximum absolute atomic E-state index is 15.1. The summed E-state index contributed by atoms with van der Waals surface area (Å²) >= 11 is 0. The molecule has 0 radical (unpaired) electrons. The molecule has 0 saturated carbocycles. The molecule has 2 N–H and O–H groups in total. The van der Waals surface area contributed by atoms with E-state index >= 15 is 8.78 Å². The molecule has 304 valence electrons. The molecule has 2 saturated heterocycles. The fraction of sp³-hybridized carbons (Fsp3) is 0.442. The second kappa shape index (κ2) is 16.4. The molecule has 0 spiro atoms. The van der Waals surface area contributed by atoms with Gasteiger partial charge in [0.05, 0.1) is 41.4 Å². The molecule has 4 aliphatic rings. The SMILES string of the molecule is Cc1cc2cc(n1)-c1cnn(C)c1OCCC[C@@H](C)CN1/C(=N/C2=O)Nc2ccc(CN3CCN(CCc4cc(F)c([C@H]5CCC(=O)NC5=O)c(F)c4)C[C@H]3C)cc21. The van der Waals surface area contributed by atoms with E-state index in [-0.39, 0.29) is 36.3 Å². The molecule has 58 heavy (non-hydrogen) atoms. The van der Waals surface area contributed by atoms with Crippen molar-refractivity contribution in [3.8, 4) is 17.1 Å². The second-order valence-corrected chi connectivity index (χ2v) is 16.1. The Kier molecular flexibility index (Phi) is 11.1. The summed E-state index contributed by atoms with van der Waals surface area (Å²) in [6.45, 7) is 11.3. The smallest absolute Gasteiger partial charge is 0.280 e. The van der Waals surface area contributed by atoms with E-state index in [0.29, 0.717) is 60.5 Å². The number of rotatable bonds is 6. The van der Waals surface area contributed by atoms with Gasteiger partial charge in [-0.25, -0.2) is 13.5 Å². The number of amides is 3. The molecular weight excluding hydrogens is 745 g/mol. The van der Waals surface area contributed by atoms with E-state index in [2.05, 4.69) is 67.5 Å². The quantitative estimate of drug-likeness (QED) is 0.239. The van der Waals surface area contributed by atoms with Gasteiger partial charge < -0.3 is 19.9 Å². The van der Waals surface area contributed by atoms with Crippen molar-refractivity contribution in [2.75, 3.05) is 49.5 Å². The molecule has 0 aliphatic carbocycles. The number of guanidine groups is 1. The van der Waals surface area contributed by atoms with Crippen LogP contribution in [0.2, 0.25) is 0 Å². The number of ether oxygens (including phenoxy) is 1. The summed E-state index contributed by atoms with van der Waals surface area (Å²) in [6, 6.07) is 12.7. The van der Waals surface area contributed by atoms with E-state index in [1.165, 1.54) is 12.1 Å². The van der Waals surface area contributed by atoms with Gasteiger partial charge in [-0.05, 0) is 93.0 Å². The highest BCUT2D eigenvalue weighted by Gasteiger charge is 2.33. The predicted octanol–water partition coefficient (Wildman–Crippen LogP) is 5.57. The van der Waals surface area contributed by atoms with Crippen molar-refractivity contribution >= 4 is 35.1 Å². The number of nitrogens with one attached hydrogen (secondary N) is 2. The molecule has 15 heteroatoms. The molecule has 2 fully saturated rings. The zero-order chi connectivity index (χ0) is 40.7. The first kappa shape index (κ1) is 39.3. The lowest BCUT2D eigenvalue weighted by Gasteiger charge is -2.40. The van der Waals surface area contributed by atoms with Crippen LogP contribution < -0.4 is 20.3 Å². The third kappa shape index (κ3) is 8.23. The number of halogens is 2. The third-order valence-electron chi connectivity index (χ3n) is 11.7. The van der Waals surface area contributed by atoms with Gasteiger partial charge in [0, 0.05) is 75.6 Å². The number of pyridine rings is 1. The first-order valence-corrected chi connectivity index (χ1v) is 20.1. The van der Waals surface area contributed by atoms with Crippen molar-refractivity contribution in [2.45, 2.75) is 71.4 Å². The topological polar surface area (TPSA) is 137 Å². The zero-order valence-electron chi connectivity index (χ0n) is 33.4. The molecule has 8 rings (SSSR count). The Hall–Kier alpha value is -5.54. The number of anilines is 2. The van der Waals surface area contributed by atoms with E-state index in [1.807, 2.05) is 14.0 Å². The van der Waals surface area contributed by atoms with Crippen LogP contribution in [-0.2, 0) is 29.6 Å². The van der Waals surface area contributed by atoms with Gasteiger partial charge >= 0.3 is 0 Å². The van der Waals surface area contributed by atoms with Gasteiger partial charge in [-0.3, -0.25) is 29.6 Å². The molecule has 4 aromatic rings. The number of hydrogen-bond acceptors (Lipinski definition) is 10. The van der Waals surface area contributed by atoms with Crippen LogP contribution in [-0.4, -0.2) is 93.6 Å². The predicted molar refractivity (Wildman–Crippen MR) is 216 cm³/mol. The Labute approximate surface area is 336 Å². The number of nitrogens with zero attached hydrogens (tertiary/aromatic N) is 7. The van der Waals surface area contributed by atoms with Gasteiger partial charge in [0.1, 0.15) is 11.6 Å². The highest BCUT2D eigenvalue weighted by molar-refractivity contribution is 6.19. The monoisotopic (exact) mass is 793 g/mol. The minimum Gasteiger partial charge on any atom is -0.477 e. The maximum atomic E-state index is 15.1. The molecule has 0 unspecified atom stereocenters. The molecule has 6 heterocycles. The molecular formula is C43H49F2N9O4. The number of imide groups is 1. The Morgan fingerprint density at radius 1 is 0.948 bits per heavy atom. The molecule has 3 amide bonds. The molecule has 2 aromatic carbocycles. The van der Waals surface area contributed by atoms with Crippen LogP contribution in [0.5, 0.6) is 5.88 Å². The lowest BCUT2D eigenvalue weighted by Crippen LogP contribution is -2.51. The molecule has 4 aliphatic heterocycles. The number of aryl methyl sites for hydroxylation is 2. The average molecular weight is 794 g/mol. The van der Waals surface area contributed by atoms with Crippen molar-refractivity contribution in [1.29, 1.82) is 0 Å². The summed E-state index contributed by atoms with van der Waals surface area (Å²) in [5.41, 5.74) is 5.76. The summed E-state index contributed by atoms with van der Waals surface area (Å²) in [5.74, 6) is -2.56. The van der Waals surface area contributed by atoms with E-state index in [9.17, 15) is 14.4 Å². The molecule has 13 nitrogen and oxygen atoms in total. The molecule has 2 aromatic heterocycles. The first-order valence-electron chi connectivity index (χ1n) is 20.1. The third-order valence-corrected chi connectivity index (χ3v) is 11.7. The van der Waals surface area contributed by atoms with E-state index < -0.39 is 29.4 Å². The van der Waals surface area contributed by atoms with Crippen LogP contribution in [0.3, 0.4) is 0 Å². The average Bonchev–Trinajstić information content (AvgIpc) is 3.71. The minimum atomic E-state index is -1.01. The Bertz CT molecular complexity index is 2270. The number of benzene rings is 2. The standard InChI is InChI=1S/C43H49F2N9O4/c1-25-6-5-15-58-42-32(21-46-51(42)4)36-20-30(16-26(2)47-36)40(56)50-43-48-35-9-7-29(19-37(35)54(43)22-25)24-53-14-13-52(23-27(53)3)12-11-28-17-33(44)39(34(45)18-28)31-8-10-38(55)49-41(31)57/h7,9,16-21,25,27,31H,5-6,8,10-15,22-24H2,1-4H3,(H,48,50,56)(H,49,55,57)/t25-,27-,31-/m1/s1. The van der Waals surface area contributed by atoms with Crippen molar-refractivity contribution in [1.82, 2.24) is 29.9 Å². The van der Waals surface area contributed by atoms with Crippen LogP contribution in [0, 0.1) is 24.5 Å². The summed E-state index contributed by atoms with van der Waals surface area (Å²) in [6.07, 6.45) is 4.08. The van der Waals surface area contributed by atoms with Crippen molar-refractivity contribution in [3.05, 3.63) is 88.2 Å². The highest BCUT2D eigenvalue weighted by atomic mass is 19.1. The van der Waals surface area contributed by atoms with E-state index in [0.717, 1.165) is 61.5 Å². The normalized spacial score (nSPS) is 22.7. The number of aliphatic imine (C=N–C) groups is 1. The van der Waals surface area contributed by atoms with Crippen LogP contribution in [0.15, 0.2) is 53.7 Å². The van der Waals surface area contributed by atoms with Crippen molar-refractivity contribution < 1.29 is 27.9 Å². The lowest BCUT2D eigenvalue weighted by molar-refractivity contribution is -0.134. The van der Waals surface area contributed by atoms with Crippen LogP contribution in [0.4, 0.5) is 20.2 Å². The van der Waals surface area contributed by atoms with Crippen LogP contribution in [0.1, 0.15) is 78.2 Å². The fourth-order valence-corrected chi connectivity index (χ4v) is 8.56. The number of aromatic nitrogens is 3. The van der Waals surface area contributed by atoms with Gasteiger partial charge in [0.15, 0.2) is 0 Å². The summed E-state index contributed by atoms with van der Waals surface area (Å²) in [7, 11) is 1.84. The summed E-state index contributed by atoms with van der Waals surface area (Å²) in [4.78, 5) is 53.8. The van der Waals surface area contributed by atoms with Gasteiger partial charge in [0.2, 0.25) is 23.7 Å². The Balaban J connectivity index is 0.937. The lowest BCUT2D eigenvalue weighted by atomic mass is 9.89. The van der Waals surface area contributed by atoms with Crippen molar-refractivity contribution in [2.24, 2.45) is 18.0 Å². The van der Waals surface area contributed by atoms with Crippen LogP contribution >= 0.6 is 0 Å². The molecule has 2 bridgehead atoms. The maximum Gasteiger partial charge on any atom is 0.280 e. The van der Waals surface area contributed by atoms with Gasteiger partial charge in [-0.1, -0.05) is 13.0 Å². The number of hydrogen-bond donors (Lipinski definition) is 2. The summed E-state index contributed by atoms with van der Waals surface area (Å²) in [5, 5.41) is 10.0. The summed E-state index contributed by atoms with van der Waals surface area (Å²) < 4.78 is 38.2. The Morgan fingerprint density at radius 2 is 1.76 bits per heavy atom. The second-order valence-electron chi connectivity index (χ2n) is 16.1. The number of piperazine rings is 1. The van der Waals surface area contributed by atoms with Gasteiger partial charge in [-0.2, -0.15) is 10.1 Å². The molecule has 3 atom stereocenters. The number of piperidine rings is 1.